The first-order chi connectivity index (χ1) is 9.63. The fourth-order valence-corrected chi connectivity index (χ4v) is 2.58. The highest BCUT2D eigenvalue weighted by molar-refractivity contribution is 5.97. The summed E-state index contributed by atoms with van der Waals surface area (Å²) in [7, 11) is 1.43. The number of ether oxygens (including phenoxy) is 1. The number of piperidine rings is 1. The zero-order valence-corrected chi connectivity index (χ0v) is 11.9. The van der Waals surface area contributed by atoms with Crippen LogP contribution >= 0.6 is 0 Å². The van der Waals surface area contributed by atoms with Gasteiger partial charge in [0.1, 0.15) is 17.1 Å². The summed E-state index contributed by atoms with van der Waals surface area (Å²) in [5, 5.41) is 6.24. The molecule has 0 spiro atoms. The Morgan fingerprint density at radius 2 is 2.30 bits per heavy atom. The Kier molecular flexibility index (Phi) is 4.95. The molecule has 1 fully saturated rings. The molecule has 1 aromatic carbocycles. The van der Waals surface area contributed by atoms with Crippen LogP contribution in [0.3, 0.4) is 0 Å². The molecule has 0 radical (unpaired) electrons. The predicted octanol–water partition coefficient (Wildman–Crippen LogP) is 2.09. The first-order valence-corrected chi connectivity index (χ1v) is 7.00. The lowest BCUT2D eigenvalue weighted by molar-refractivity contribution is 0.0920. The van der Waals surface area contributed by atoms with Crippen LogP contribution in [0.25, 0.3) is 0 Å². The maximum Gasteiger partial charge on any atom is 0.258 e. The van der Waals surface area contributed by atoms with Crippen molar-refractivity contribution in [1.29, 1.82) is 0 Å². The topological polar surface area (TPSA) is 50.4 Å². The van der Waals surface area contributed by atoms with Crippen molar-refractivity contribution in [2.75, 3.05) is 13.7 Å². The zero-order chi connectivity index (χ0) is 14.5. The average Bonchev–Trinajstić information content (AvgIpc) is 2.47. The van der Waals surface area contributed by atoms with Crippen LogP contribution in [-0.4, -0.2) is 31.6 Å². The van der Waals surface area contributed by atoms with Gasteiger partial charge in [0.25, 0.3) is 5.91 Å². The number of rotatable bonds is 4. The quantitative estimate of drug-likeness (QED) is 0.888. The number of carbonyl (C=O) groups is 1. The van der Waals surface area contributed by atoms with Crippen molar-refractivity contribution >= 4 is 5.91 Å². The Morgan fingerprint density at radius 1 is 1.50 bits per heavy atom. The minimum atomic E-state index is -0.564. The Morgan fingerprint density at radius 3 is 2.95 bits per heavy atom. The second-order valence-electron chi connectivity index (χ2n) is 5.14. The largest absolute Gasteiger partial charge is 0.496 e. The number of hydrogen-bond donors (Lipinski definition) is 2. The molecule has 20 heavy (non-hydrogen) atoms. The van der Waals surface area contributed by atoms with E-state index in [1.54, 1.807) is 6.07 Å². The molecule has 1 aliphatic heterocycles. The van der Waals surface area contributed by atoms with Gasteiger partial charge in [0, 0.05) is 12.1 Å². The smallest absolute Gasteiger partial charge is 0.258 e. The minimum Gasteiger partial charge on any atom is -0.496 e. The summed E-state index contributed by atoms with van der Waals surface area (Å²) in [6, 6.07) is 4.57. The Bertz CT molecular complexity index is 473. The van der Waals surface area contributed by atoms with Gasteiger partial charge in [-0.1, -0.05) is 12.5 Å². The van der Waals surface area contributed by atoms with Gasteiger partial charge in [0.15, 0.2) is 0 Å². The molecule has 2 unspecified atom stereocenters. The van der Waals surface area contributed by atoms with Gasteiger partial charge in [-0.3, -0.25) is 4.79 Å². The van der Waals surface area contributed by atoms with Gasteiger partial charge in [-0.15, -0.1) is 0 Å². The van der Waals surface area contributed by atoms with Crippen LogP contribution in [-0.2, 0) is 0 Å². The van der Waals surface area contributed by atoms with Crippen molar-refractivity contribution in [3.05, 3.63) is 29.6 Å². The second kappa shape index (κ2) is 6.70. The van der Waals surface area contributed by atoms with E-state index in [1.807, 2.05) is 6.92 Å². The highest BCUT2D eigenvalue weighted by atomic mass is 19.1. The van der Waals surface area contributed by atoms with Crippen LogP contribution in [0.4, 0.5) is 4.39 Å². The molecule has 2 N–H and O–H groups in total. The molecular formula is C15H21FN2O2. The van der Waals surface area contributed by atoms with Gasteiger partial charge >= 0.3 is 0 Å². The molecule has 1 heterocycles. The summed E-state index contributed by atoms with van der Waals surface area (Å²) in [6.45, 7) is 2.90. The molecule has 2 rings (SSSR count). The number of nitrogens with one attached hydrogen (secondary N) is 2. The second-order valence-corrected chi connectivity index (χ2v) is 5.14. The van der Waals surface area contributed by atoms with Gasteiger partial charge in [-0.2, -0.15) is 0 Å². The molecule has 1 amide bonds. The van der Waals surface area contributed by atoms with Crippen LogP contribution in [0.1, 0.15) is 36.5 Å². The molecular weight excluding hydrogens is 259 g/mol. The van der Waals surface area contributed by atoms with Crippen LogP contribution in [0, 0.1) is 5.82 Å². The fourth-order valence-electron chi connectivity index (χ4n) is 2.58. The minimum absolute atomic E-state index is 0.0299. The maximum absolute atomic E-state index is 13.8. The summed E-state index contributed by atoms with van der Waals surface area (Å²) in [4.78, 5) is 12.2. The summed E-state index contributed by atoms with van der Waals surface area (Å²) in [6.07, 6.45) is 3.34. The fraction of sp³-hybridized carbons (Fsp3) is 0.533. The van der Waals surface area contributed by atoms with Crippen molar-refractivity contribution in [2.24, 2.45) is 0 Å². The van der Waals surface area contributed by atoms with Crippen molar-refractivity contribution in [1.82, 2.24) is 10.6 Å². The number of carbonyl (C=O) groups excluding carboxylic acids is 1. The third-order valence-electron chi connectivity index (χ3n) is 3.73. The normalized spacial score (nSPS) is 20.2. The van der Waals surface area contributed by atoms with E-state index >= 15 is 0 Å². The van der Waals surface area contributed by atoms with E-state index in [-0.39, 0.29) is 23.4 Å². The van der Waals surface area contributed by atoms with E-state index in [0.29, 0.717) is 0 Å². The number of benzene rings is 1. The van der Waals surface area contributed by atoms with E-state index in [4.69, 9.17) is 4.74 Å². The third kappa shape index (κ3) is 3.28. The molecule has 0 aromatic heterocycles. The van der Waals surface area contributed by atoms with E-state index in [9.17, 15) is 9.18 Å². The Balaban J connectivity index is 2.08. The van der Waals surface area contributed by atoms with Gasteiger partial charge in [-0.25, -0.2) is 4.39 Å². The number of amides is 1. The molecule has 1 aromatic rings. The highest BCUT2D eigenvalue weighted by Gasteiger charge is 2.24. The molecule has 0 bridgehead atoms. The molecule has 4 nitrogen and oxygen atoms in total. The number of halogens is 1. The predicted molar refractivity (Wildman–Crippen MR) is 75.5 cm³/mol. The summed E-state index contributed by atoms with van der Waals surface area (Å²) < 4.78 is 18.9. The van der Waals surface area contributed by atoms with E-state index in [1.165, 1.54) is 19.2 Å². The molecule has 5 heteroatoms. The summed E-state index contributed by atoms with van der Waals surface area (Å²) in [5.41, 5.74) is -0.0299. The van der Waals surface area contributed by atoms with Crippen LogP contribution in [0.15, 0.2) is 18.2 Å². The van der Waals surface area contributed by atoms with Crippen molar-refractivity contribution in [3.8, 4) is 5.75 Å². The van der Waals surface area contributed by atoms with E-state index < -0.39 is 11.7 Å². The first kappa shape index (κ1) is 14.8. The average molecular weight is 280 g/mol. The number of methoxy groups -OCH3 is 1. The summed E-state index contributed by atoms with van der Waals surface area (Å²) >= 11 is 0. The molecule has 110 valence electrons. The van der Waals surface area contributed by atoms with Gasteiger partial charge in [0.2, 0.25) is 0 Å². The third-order valence-corrected chi connectivity index (χ3v) is 3.73. The molecule has 0 saturated carbocycles. The maximum atomic E-state index is 13.8. The van der Waals surface area contributed by atoms with Crippen molar-refractivity contribution in [3.63, 3.8) is 0 Å². The Labute approximate surface area is 118 Å². The molecule has 0 aliphatic carbocycles. The van der Waals surface area contributed by atoms with E-state index in [0.717, 1.165) is 25.8 Å². The molecule has 1 aliphatic rings. The lowest BCUT2D eigenvalue weighted by Gasteiger charge is -2.29. The summed E-state index contributed by atoms with van der Waals surface area (Å²) in [5.74, 6) is -0.739. The van der Waals surface area contributed by atoms with Crippen LogP contribution < -0.4 is 15.4 Å². The molecule has 1 saturated heterocycles. The van der Waals surface area contributed by atoms with E-state index in [2.05, 4.69) is 10.6 Å². The SMILES string of the molecule is COc1cccc(F)c1C(=O)NC(C)C1CCCCN1. The van der Waals surface area contributed by atoms with Gasteiger partial charge in [-0.05, 0) is 38.4 Å². The lowest BCUT2D eigenvalue weighted by Crippen LogP contribution is -2.50. The lowest BCUT2D eigenvalue weighted by atomic mass is 9.98. The number of hydrogen-bond acceptors (Lipinski definition) is 3. The van der Waals surface area contributed by atoms with Crippen LogP contribution in [0.5, 0.6) is 5.75 Å². The highest BCUT2D eigenvalue weighted by Crippen LogP contribution is 2.21. The Hall–Kier alpha value is -1.62. The van der Waals surface area contributed by atoms with Crippen LogP contribution in [0.2, 0.25) is 0 Å². The zero-order valence-electron chi connectivity index (χ0n) is 11.9. The van der Waals surface area contributed by atoms with Crippen molar-refractivity contribution in [2.45, 2.75) is 38.3 Å². The van der Waals surface area contributed by atoms with Crippen molar-refractivity contribution < 1.29 is 13.9 Å². The first-order valence-electron chi connectivity index (χ1n) is 7.00. The monoisotopic (exact) mass is 280 g/mol. The standard InChI is InChI=1S/C15H21FN2O2/c1-10(12-7-3-4-9-17-12)18-15(19)14-11(16)6-5-8-13(14)20-2/h5-6,8,10,12,17H,3-4,7,9H2,1-2H3,(H,18,19). The molecule has 2 atom stereocenters. The van der Waals surface area contributed by atoms with Gasteiger partial charge in [0.05, 0.1) is 7.11 Å². The van der Waals surface area contributed by atoms with Gasteiger partial charge < -0.3 is 15.4 Å².